The molecule has 0 fully saturated rings. The summed E-state index contributed by atoms with van der Waals surface area (Å²) >= 11 is 3.46. The van der Waals surface area contributed by atoms with Crippen LogP contribution in [0.5, 0.6) is 0 Å². The van der Waals surface area contributed by atoms with Gasteiger partial charge in [-0.15, -0.1) is 5.10 Å². The van der Waals surface area contributed by atoms with E-state index in [0.717, 1.165) is 40.4 Å². The molecule has 124 valence electrons. The quantitative estimate of drug-likeness (QED) is 0.603. The smallest absolute Gasteiger partial charge is 0.155 e. The van der Waals surface area contributed by atoms with Crippen molar-refractivity contribution in [3.05, 3.63) is 59.9 Å². The summed E-state index contributed by atoms with van der Waals surface area (Å²) in [6.07, 6.45) is 4.76. The van der Waals surface area contributed by atoms with E-state index in [0.29, 0.717) is 5.75 Å². The largest absolute Gasteiger partial charge is 0.250 e. The van der Waals surface area contributed by atoms with Crippen LogP contribution < -0.4 is 0 Å². The Kier molecular flexibility index (Phi) is 5.87. The maximum atomic E-state index is 4.72. The Bertz CT molecular complexity index is 789. The lowest BCUT2D eigenvalue weighted by Gasteiger charge is -2.05. The Morgan fingerprint density at radius 2 is 2.00 bits per heavy atom. The summed E-state index contributed by atoms with van der Waals surface area (Å²) in [5, 5.41) is 5.65. The number of aryl methyl sites for hydroxylation is 2. The second-order valence-corrected chi connectivity index (χ2v) is 7.17. The van der Waals surface area contributed by atoms with Crippen molar-refractivity contribution >= 4 is 23.5 Å². The van der Waals surface area contributed by atoms with Crippen molar-refractivity contribution in [2.45, 2.75) is 24.1 Å². The molecule has 3 heterocycles. The molecule has 7 heteroatoms. The molecule has 0 atom stereocenters. The van der Waals surface area contributed by atoms with E-state index in [9.17, 15) is 0 Å². The van der Waals surface area contributed by atoms with Gasteiger partial charge in [0.25, 0.3) is 0 Å². The second kappa shape index (κ2) is 8.30. The molecule has 0 saturated heterocycles. The highest BCUT2D eigenvalue weighted by Crippen LogP contribution is 2.21. The molecule has 0 amide bonds. The highest BCUT2D eigenvalue weighted by atomic mass is 32.2. The lowest BCUT2D eigenvalue weighted by molar-refractivity contribution is 0.786. The highest BCUT2D eigenvalue weighted by Gasteiger charge is 2.13. The van der Waals surface area contributed by atoms with Gasteiger partial charge in [-0.05, 0) is 37.4 Å². The molecule has 3 aromatic rings. The van der Waals surface area contributed by atoms with Crippen molar-refractivity contribution in [3.63, 3.8) is 0 Å². The van der Waals surface area contributed by atoms with Crippen LogP contribution in [0.1, 0.15) is 17.3 Å². The minimum absolute atomic E-state index is 0.707. The molecule has 0 radical (unpaired) electrons. The third-order valence-electron chi connectivity index (χ3n) is 3.33. The molecule has 0 saturated carbocycles. The maximum absolute atomic E-state index is 4.72. The molecule has 0 bridgehead atoms. The number of nitrogens with zero attached hydrogens (tertiary/aromatic N) is 5. The molecule has 5 nitrogen and oxygen atoms in total. The van der Waals surface area contributed by atoms with Gasteiger partial charge in [0.2, 0.25) is 0 Å². The Hall–Kier alpha value is -1.86. The van der Waals surface area contributed by atoms with E-state index in [1.807, 2.05) is 48.0 Å². The van der Waals surface area contributed by atoms with Crippen LogP contribution in [0.4, 0.5) is 0 Å². The van der Waals surface area contributed by atoms with Gasteiger partial charge in [-0.25, -0.2) is 15.0 Å². The Morgan fingerprint density at radius 3 is 2.75 bits per heavy atom. The fourth-order valence-corrected chi connectivity index (χ4v) is 3.35. The molecule has 3 rings (SSSR count). The predicted octanol–water partition coefficient (Wildman–Crippen LogP) is 3.56. The Balaban J connectivity index is 1.86. The summed E-state index contributed by atoms with van der Waals surface area (Å²) in [5.74, 6) is 4.30. The zero-order chi connectivity index (χ0) is 16.8. The van der Waals surface area contributed by atoms with Gasteiger partial charge in [0, 0.05) is 24.1 Å². The number of aromatic nitrogens is 5. The van der Waals surface area contributed by atoms with Crippen LogP contribution in [0.15, 0.2) is 47.6 Å². The first kappa shape index (κ1) is 17.0. The predicted molar refractivity (Wildman–Crippen MR) is 99.8 cm³/mol. The second-order valence-electron chi connectivity index (χ2n) is 5.19. The van der Waals surface area contributed by atoms with Gasteiger partial charge in [-0.2, -0.15) is 16.4 Å². The zero-order valence-corrected chi connectivity index (χ0v) is 15.3. The van der Waals surface area contributed by atoms with Crippen molar-refractivity contribution in [2.75, 3.05) is 12.0 Å². The van der Waals surface area contributed by atoms with Gasteiger partial charge in [-0.1, -0.05) is 23.9 Å². The average molecular weight is 358 g/mol. The fourth-order valence-electron chi connectivity index (χ4n) is 2.19. The molecule has 24 heavy (non-hydrogen) atoms. The average Bonchev–Trinajstić information content (AvgIpc) is 3.02. The highest BCUT2D eigenvalue weighted by molar-refractivity contribution is 7.98. The van der Waals surface area contributed by atoms with Crippen molar-refractivity contribution in [1.82, 2.24) is 24.7 Å². The van der Waals surface area contributed by atoms with E-state index in [1.54, 1.807) is 29.7 Å². The van der Waals surface area contributed by atoms with Gasteiger partial charge in [0.15, 0.2) is 11.6 Å². The van der Waals surface area contributed by atoms with Crippen molar-refractivity contribution in [1.29, 1.82) is 0 Å². The molecular weight excluding hydrogens is 338 g/mol. The first-order valence-corrected chi connectivity index (χ1v) is 10.1. The van der Waals surface area contributed by atoms with E-state index in [4.69, 9.17) is 4.98 Å². The number of hydrogen-bond acceptors (Lipinski definition) is 6. The van der Waals surface area contributed by atoms with Crippen LogP contribution >= 0.6 is 23.5 Å². The van der Waals surface area contributed by atoms with Gasteiger partial charge in [0.1, 0.15) is 5.82 Å². The molecule has 0 aliphatic rings. The molecule has 0 unspecified atom stereocenters. The number of hydrogen-bond donors (Lipinski definition) is 0. The third-order valence-corrected chi connectivity index (χ3v) is 4.88. The maximum Gasteiger partial charge on any atom is 0.155 e. The third kappa shape index (κ3) is 4.36. The van der Waals surface area contributed by atoms with Crippen molar-refractivity contribution < 1.29 is 0 Å². The fraction of sp³-hybridized carbons (Fsp3) is 0.294. The Labute approximate surface area is 150 Å². The Morgan fingerprint density at radius 1 is 1.08 bits per heavy atom. The molecule has 0 aliphatic heterocycles. The normalized spacial score (nSPS) is 10.9. The van der Waals surface area contributed by atoms with Gasteiger partial charge < -0.3 is 0 Å². The van der Waals surface area contributed by atoms with Crippen LogP contribution in [0, 0.1) is 6.92 Å². The molecular formula is C17H19N5S2. The topological polar surface area (TPSA) is 56.5 Å². The zero-order valence-electron chi connectivity index (χ0n) is 13.7. The summed E-state index contributed by atoms with van der Waals surface area (Å²) in [7, 11) is 0. The van der Waals surface area contributed by atoms with Gasteiger partial charge in [-0.3, -0.25) is 0 Å². The molecule has 0 spiro atoms. The van der Waals surface area contributed by atoms with Crippen LogP contribution in [-0.2, 0) is 12.2 Å². The van der Waals surface area contributed by atoms with Crippen molar-refractivity contribution in [2.24, 2.45) is 0 Å². The van der Waals surface area contributed by atoms with Crippen LogP contribution in [0.25, 0.3) is 5.82 Å². The number of pyridine rings is 2. The number of rotatable bonds is 7. The van der Waals surface area contributed by atoms with E-state index < -0.39 is 0 Å². The lowest BCUT2D eigenvalue weighted by Crippen LogP contribution is -2.05. The first-order valence-electron chi connectivity index (χ1n) is 7.68. The molecule has 0 aromatic carbocycles. The lowest BCUT2D eigenvalue weighted by atomic mass is 10.4. The standard InChI is InChI=1S/C17H19N5S2/c1-13-6-5-7-15(19-13)22-16(20-14(21-22)9-11-23-2)12-24-17-8-3-4-10-18-17/h3-8,10H,9,11-12H2,1-2H3. The van der Waals surface area contributed by atoms with E-state index in [2.05, 4.69) is 21.3 Å². The monoisotopic (exact) mass is 357 g/mol. The van der Waals surface area contributed by atoms with Gasteiger partial charge >= 0.3 is 0 Å². The molecule has 0 aliphatic carbocycles. The summed E-state index contributed by atoms with van der Waals surface area (Å²) < 4.78 is 1.86. The molecule has 0 N–H and O–H groups in total. The minimum atomic E-state index is 0.707. The summed E-state index contributed by atoms with van der Waals surface area (Å²) in [5.41, 5.74) is 0.969. The van der Waals surface area contributed by atoms with Crippen LogP contribution in [0.3, 0.4) is 0 Å². The summed E-state index contributed by atoms with van der Waals surface area (Å²) in [4.78, 5) is 13.7. The SMILES string of the molecule is CSCCc1nc(CSc2ccccn2)n(-c2cccc(C)n2)n1. The van der Waals surface area contributed by atoms with E-state index in [-0.39, 0.29) is 0 Å². The minimum Gasteiger partial charge on any atom is -0.250 e. The molecule has 3 aromatic heterocycles. The van der Waals surface area contributed by atoms with Crippen LogP contribution in [-0.4, -0.2) is 36.7 Å². The first-order chi connectivity index (χ1) is 11.8. The summed E-state index contributed by atoms with van der Waals surface area (Å²) in [6.45, 7) is 1.98. The van der Waals surface area contributed by atoms with E-state index in [1.165, 1.54) is 0 Å². The van der Waals surface area contributed by atoms with E-state index >= 15 is 0 Å². The number of thioether (sulfide) groups is 2. The van der Waals surface area contributed by atoms with Gasteiger partial charge in [0.05, 0.1) is 10.8 Å². The summed E-state index contributed by atoms with van der Waals surface area (Å²) in [6, 6.07) is 11.9. The van der Waals surface area contributed by atoms with Crippen molar-refractivity contribution in [3.8, 4) is 5.82 Å². The van der Waals surface area contributed by atoms with Crippen LogP contribution in [0.2, 0.25) is 0 Å².